The lowest BCUT2D eigenvalue weighted by atomic mass is 9.83. The normalized spacial score (nSPS) is 20.6. The minimum atomic E-state index is -0.129. The average molecular weight is 244 g/mol. The first-order valence-corrected chi connectivity index (χ1v) is 6.95. The van der Waals surface area contributed by atoms with Gasteiger partial charge in [0.25, 0.3) is 0 Å². The molecule has 2 rings (SSSR count). The Bertz CT molecular complexity index is 403. The zero-order valence-corrected chi connectivity index (χ0v) is 11.8. The van der Waals surface area contributed by atoms with Crippen LogP contribution in [0.2, 0.25) is 0 Å². The van der Waals surface area contributed by atoms with Crippen LogP contribution in [0.4, 0.5) is 0 Å². The fourth-order valence-electron chi connectivity index (χ4n) is 2.44. The van der Waals surface area contributed by atoms with Crippen molar-refractivity contribution in [3.8, 4) is 0 Å². The Morgan fingerprint density at radius 2 is 1.94 bits per heavy atom. The van der Waals surface area contributed by atoms with E-state index in [1.54, 1.807) is 0 Å². The number of hydrogen-bond donors (Lipinski definition) is 0. The smallest absolute Gasteiger partial charge is 0.0840 e. The zero-order valence-electron chi connectivity index (χ0n) is 11.8. The van der Waals surface area contributed by atoms with Gasteiger partial charge in [0.15, 0.2) is 0 Å². The van der Waals surface area contributed by atoms with Crippen molar-refractivity contribution in [2.45, 2.75) is 52.2 Å². The SMILES string of the molecule is C[C@H]1CC=C(C(C)(C)OCc2ccccc2)CC1. The molecular formula is C17H24O. The summed E-state index contributed by atoms with van der Waals surface area (Å²) in [6.45, 7) is 7.40. The zero-order chi connectivity index (χ0) is 13.0. The van der Waals surface area contributed by atoms with Crippen molar-refractivity contribution in [1.29, 1.82) is 0 Å². The third-order valence-electron chi connectivity index (χ3n) is 3.89. The molecule has 0 saturated carbocycles. The van der Waals surface area contributed by atoms with Gasteiger partial charge in [-0.2, -0.15) is 0 Å². The van der Waals surface area contributed by atoms with Crippen LogP contribution in [0.25, 0.3) is 0 Å². The summed E-state index contributed by atoms with van der Waals surface area (Å²) in [4.78, 5) is 0. The molecular weight excluding hydrogens is 220 g/mol. The second-order valence-electron chi connectivity index (χ2n) is 5.89. The predicted molar refractivity (Wildman–Crippen MR) is 76.4 cm³/mol. The molecule has 98 valence electrons. The number of allylic oxidation sites excluding steroid dienone is 1. The third kappa shape index (κ3) is 3.46. The molecule has 0 saturated heterocycles. The molecule has 0 heterocycles. The Hall–Kier alpha value is -1.08. The maximum absolute atomic E-state index is 6.12. The molecule has 0 amide bonds. The average Bonchev–Trinajstić information content (AvgIpc) is 2.38. The standard InChI is InChI=1S/C17H24O/c1-14-9-11-16(12-10-14)17(2,3)18-13-15-7-5-4-6-8-15/h4-8,11,14H,9-10,12-13H2,1-3H3/t14-/m0/s1. The van der Waals surface area contributed by atoms with E-state index in [1.807, 2.05) is 6.07 Å². The highest BCUT2D eigenvalue weighted by Gasteiger charge is 2.26. The van der Waals surface area contributed by atoms with Crippen LogP contribution in [-0.2, 0) is 11.3 Å². The summed E-state index contributed by atoms with van der Waals surface area (Å²) in [6.07, 6.45) is 6.07. The van der Waals surface area contributed by atoms with Crippen LogP contribution in [0.1, 0.15) is 45.6 Å². The molecule has 1 atom stereocenters. The van der Waals surface area contributed by atoms with Gasteiger partial charge in [0.05, 0.1) is 12.2 Å². The summed E-state index contributed by atoms with van der Waals surface area (Å²) in [5, 5.41) is 0. The first-order chi connectivity index (χ1) is 8.58. The topological polar surface area (TPSA) is 9.23 Å². The van der Waals surface area contributed by atoms with Gasteiger partial charge in [-0.1, -0.05) is 43.3 Å². The van der Waals surface area contributed by atoms with E-state index in [2.05, 4.69) is 51.1 Å². The van der Waals surface area contributed by atoms with Crippen molar-refractivity contribution in [3.63, 3.8) is 0 Å². The van der Waals surface area contributed by atoms with E-state index in [0.717, 1.165) is 5.92 Å². The van der Waals surface area contributed by atoms with Crippen LogP contribution in [0.3, 0.4) is 0 Å². The van der Waals surface area contributed by atoms with E-state index >= 15 is 0 Å². The molecule has 0 radical (unpaired) electrons. The van der Waals surface area contributed by atoms with Crippen molar-refractivity contribution in [2.75, 3.05) is 0 Å². The highest BCUT2D eigenvalue weighted by Crippen LogP contribution is 2.32. The van der Waals surface area contributed by atoms with Gasteiger partial charge in [-0.15, -0.1) is 0 Å². The van der Waals surface area contributed by atoms with Crippen LogP contribution in [0.15, 0.2) is 42.0 Å². The molecule has 0 N–H and O–H groups in total. The molecule has 0 unspecified atom stereocenters. The van der Waals surface area contributed by atoms with Gasteiger partial charge >= 0.3 is 0 Å². The van der Waals surface area contributed by atoms with Gasteiger partial charge in [0.1, 0.15) is 0 Å². The molecule has 0 spiro atoms. The fourth-order valence-corrected chi connectivity index (χ4v) is 2.44. The number of benzene rings is 1. The monoisotopic (exact) mass is 244 g/mol. The van der Waals surface area contributed by atoms with Gasteiger partial charge in [-0.3, -0.25) is 0 Å². The summed E-state index contributed by atoms with van der Waals surface area (Å²) < 4.78 is 6.12. The summed E-state index contributed by atoms with van der Waals surface area (Å²) in [5.41, 5.74) is 2.59. The number of ether oxygens (including phenoxy) is 1. The van der Waals surface area contributed by atoms with Crippen LogP contribution in [0.5, 0.6) is 0 Å². The lowest BCUT2D eigenvalue weighted by Gasteiger charge is -2.32. The molecule has 1 aromatic rings. The first-order valence-electron chi connectivity index (χ1n) is 6.95. The molecule has 1 heteroatoms. The summed E-state index contributed by atoms with van der Waals surface area (Å²) in [7, 11) is 0. The molecule has 0 bridgehead atoms. The highest BCUT2D eigenvalue weighted by molar-refractivity contribution is 5.18. The van der Waals surface area contributed by atoms with E-state index in [0.29, 0.717) is 6.61 Å². The Labute approximate surface area is 111 Å². The highest BCUT2D eigenvalue weighted by atomic mass is 16.5. The maximum Gasteiger partial charge on any atom is 0.0840 e. The Morgan fingerprint density at radius 3 is 2.56 bits per heavy atom. The molecule has 1 aromatic carbocycles. The van der Waals surface area contributed by atoms with Gasteiger partial charge < -0.3 is 4.74 Å². The lowest BCUT2D eigenvalue weighted by Crippen LogP contribution is -2.28. The van der Waals surface area contributed by atoms with Crippen molar-refractivity contribution in [2.24, 2.45) is 5.92 Å². The molecule has 18 heavy (non-hydrogen) atoms. The number of rotatable bonds is 4. The quantitative estimate of drug-likeness (QED) is 0.696. The maximum atomic E-state index is 6.12. The molecule has 0 aromatic heterocycles. The van der Waals surface area contributed by atoms with Gasteiger partial charge in [-0.05, 0) is 50.2 Å². The Balaban J connectivity index is 1.95. The largest absolute Gasteiger partial charge is 0.367 e. The number of hydrogen-bond acceptors (Lipinski definition) is 1. The Morgan fingerprint density at radius 1 is 1.22 bits per heavy atom. The van der Waals surface area contributed by atoms with Crippen LogP contribution in [-0.4, -0.2) is 5.60 Å². The van der Waals surface area contributed by atoms with Crippen molar-refractivity contribution in [3.05, 3.63) is 47.5 Å². The van der Waals surface area contributed by atoms with E-state index in [4.69, 9.17) is 4.74 Å². The van der Waals surface area contributed by atoms with E-state index in [9.17, 15) is 0 Å². The Kier molecular flexibility index (Phi) is 4.23. The van der Waals surface area contributed by atoms with Crippen molar-refractivity contribution in [1.82, 2.24) is 0 Å². The minimum Gasteiger partial charge on any atom is -0.367 e. The lowest BCUT2D eigenvalue weighted by molar-refractivity contribution is -0.00540. The van der Waals surface area contributed by atoms with E-state index in [-0.39, 0.29) is 5.60 Å². The van der Waals surface area contributed by atoms with Crippen LogP contribution >= 0.6 is 0 Å². The van der Waals surface area contributed by atoms with Gasteiger partial charge in [0.2, 0.25) is 0 Å². The third-order valence-corrected chi connectivity index (χ3v) is 3.89. The fraction of sp³-hybridized carbons (Fsp3) is 0.529. The van der Waals surface area contributed by atoms with Crippen LogP contribution in [0, 0.1) is 5.92 Å². The minimum absolute atomic E-state index is 0.129. The molecule has 0 aliphatic heterocycles. The van der Waals surface area contributed by atoms with Crippen LogP contribution < -0.4 is 0 Å². The van der Waals surface area contributed by atoms with E-state index < -0.39 is 0 Å². The summed E-state index contributed by atoms with van der Waals surface area (Å²) in [6, 6.07) is 10.4. The second-order valence-corrected chi connectivity index (χ2v) is 5.89. The molecule has 1 aliphatic carbocycles. The van der Waals surface area contributed by atoms with Crippen molar-refractivity contribution < 1.29 is 4.74 Å². The molecule has 1 nitrogen and oxygen atoms in total. The summed E-state index contributed by atoms with van der Waals surface area (Å²) >= 11 is 0. The van der Waals surface area contributed by atoms with Crippen molar-refractivity contribution >= 4 is 0 Å². The van der Waals surface area contributed by atoms with E-state index in [1.165, 1.54) is 30.4 Å². The second kappa shape index (κ2) is 5.71. The first kappa shape index (κ1) is 13.4. The molecule has 1 aliphatic rings. The van der Waals surface area contributed by atoms with Gasteiger partial charge in [0, 0.05) is 0 Å². The summed E-state index contributed by atoms with van der Waals surface area (Å²) in [5.74, 6) is 0.832. The molecule has 0 fully saturated rings. The van der Waals surface area contributed by atoms with Gasteiger partial charge in [-0.25, -0.2) is 0 Å². The predicted octanol–water partition coefficient (Wildman–Crippen LogP) is 4.73.